The van der Waals surface area contributed by atoms with Crippen molar-refractivity contribution in [3.8, 4) is 5.75 Å². The zero-order chi connectivity index (χ0) is 16.4. The fourth-order valence-electron chi connectivity index (χ4n) is 3.25. The molecular weight excluding hydrogens is 362 g/mol. The van der Waals surface area contributed by atoms with Gasteiger partial charge in [0.1, 0.15) is 11.4 Å². The van der Waals surface area contributed by atoms with Crippen LogP contribution in [0.25, 0.3) is 0 Å². The van der Waals surface area contributed by atoms with E-state index in [1.165, 1.54) is 0 Å². The number of nitrogens with zero attached hydrogens (tertiary/aromatic N) is 1. The second-order valence-electron chi connectivity index (χ2n) is 6.11. The lowest BCUT2D eigenvalue weighted by Crippen LogP contribution is -2.51. The number of fused-ring (bicyclic) bond motifs is 1. The fourth-order valence-corrected chi connectivity index (χ4v) is 3.59. The molecule has 5 nitrogen and oxygen atoms in total. The number of esters is 1. The Hall–Kier alpha value is -1.40. The molecule has 0 unspecified atom stereocenters. The molecule has 0 N–H and O–H groups in total. The smallest absolute Gasteiger partial charge is 0.320 e. The third-order valence-electron chi connectivity index (χ3n) is 4.48. The number of ketones is 1. The van der Waals surface area contributed by atoms with Crippen LogP contribution in [0, 0.1) is 0 Å². The molecule has 1 spiro atoms. The Morgan fingerprint density at radius 3 is 2.83 bits per heavy atom. The van der Waals surface area contributed by atoms with Crippen LogP contribution < -0.4 is 4.74 Å². The van der Waals surface area contributed by atoms with Crippen LogP contribution in [-0.4, -0.2) is 48.5 Å². The molecule has 1 aromatic rings. The fraction of sp³-hybridized carbons (Fsp3) is 0.529. The Labute approximate surface area is 144 Å². The van der Waals surface area contributed by atoms with Gasteiger partial charge in [-0.15, -0.1) is 0 Å². The third-order valence-corrected chi connectivity index (χ3v) is 4.97. The van der Waals surface area contributed by atoms with Crippen LogP contribution in [-0.2, 0) is 9.53 Å². The zero-order valence-corrected chi connectivity index (χ0v) is 14.7. The molecule has 6 heteroatoms. The third kappa shape index (κ3) is 3.58. The molecule has 1 fully saturated rings. The number of halogens is 1. The van der Waals surface area contributed by atoms with Crippen LogP contribution >= 0.6 is 15.9 Å². The van der Waals surface area contributed by atoms with Crippen LogP contribution in [0.4, 0.5) is 0 Å². The van der Waals surface area contributed by atoms with E-state index in [2.05, 4.69) is 20.8 Å². The zero-order valence-electron chi connectivity index (χ0n) is 13.1. The minimum absolute atomic E-state index is 0.137. The Kier molecular flexibility index (Phi) is 4.73. The van der Waals surface area contributed by atoms with Crippen molar-refractivity contribution in [3.05, 3.63) is 28.2 Å². The minimum Gasteiger partial charge on any atom is -0.486 e. The topological polar surface area (TPSA) is 55.8 Å². The van der Waals surface area contributed by atoms with Gasteiger partial charge < -0.3 is 9.47 Å². The second kappa shape index (κ2) is 6.61. The molecule has 0 radical (unpaired) electrons. The van der Waals surface area contributed by atoms with E-state index >= 15 is 0 Å². The number of hydrogen-bond donors (Lipinski definition) is 0. The molecule has 0 bridgehead atoms. The summed E-state index contributed by atoms with van der Waals surface area (Å²) in [5, 5.41) is 0. The second-order valence-corrected chi connectivity index (χ2v) is 7.02. The first-order chi connectivity index (χ1) is 11.0. The van der Waals surface area contributed by atoms with Gasteiger partial charge in [0.05, 0.1) is 25.1 Å². The molecule has 0 aliphatic carbocycles. The van der Waals surface area contributed by atoms with Crippen LogP contribution in [0.3, 0.4) is 0 Å². The molecule has 23 heavy (non-hydrogen) atoms. The highest BCUT2D eigenvalue weighted by atomic mass is 79.9. The van der Waals surface area contributed by atoms with Crippen molar-refractivity contribution in [2.45, 2.75) is 31.8 Å². The average molecular weight is 382 g/mol. The number of rotatable bonds is 3. The molecule has 2 aliphatic rings. The average Bonchev–Trinajstić information content (AvgIpc) is 2.49. The van der Waals surface area contributed by atoms with Gasteiger partial charge in [0, 0.05) is 30.4 Å². The van der Waals surface area contributed by atoms with Crippen molar-refractivity contribution >= 4 is 27.7 Å². The van der Waals surface area contributed by atoms with E-state index in [9.17, 15) is 9.59 Å². The molecule has 0 aromatic heterocycles. The van der Waals surface area contributed by atoms with Gasteiger partial charge in [-0.25, -0.2) is 0 Å². The molecule has 3 rings (SSSR count). The van der Waals surface area contributed by atoms with E-state index in [4.69, 9.17) is 9.47 Å². The van der Waals surface area contributed by atoms with Crippen molar-refractivity contribution in [1.29, 1.82) is 0 Å². The van der Waals surface area contributed by atoms with Gasteiger partial charge in [0.2, 0.25) is 0 Å². The van der Waals surface area contributed by atoms with E-state index < -0.39 is 5.60 Å². The van der Waals surface area contributed by atoms with Crippen molar-refractivity contribution in [2.75, 3.05) is 26.2 Å². The van der Waals surface area contributed by atoms with Gasteiger partial charge in [0.15, 0.2) is 5.78 Å². The van der Waals surface area contributed by atoms with Crippen molar-refractivity contribution in [2.24, 2.45) is 0 Å². The number of hydrogen-bond acceptors (Lipinski definition) is 5. The first-order valence-electron chi connectivity index (χ1n) is 7.91. The van der Waals surface area contributed by atoms with Gasteiger partial charge in [-0.2, -0.15) is 0 Å². The number of likely N-dealkylation sites (tertiary alicyclic amines) is 1. The lowest BCUT2D eigenvalue weighted by atomic mass is 9.82. The van der Waals surface area contributed by atoms with E-state index in [0.29, 0.717) is 30.9 Å². The number of Topliss-reactive ketones (excluding diaryl/α,β-unsaturated/α-hetero) is 1. The van der Waals surface area contributed by atoms with Gasteiger partial charge in [0.25, 0.3) is 0 Å². The molecule has 0 amide bonds. The molecule has 1 saturated heterocycles. The quantitative estimate of drug-likeness (QED) is 0.753. The lowest BCUT2D eigenvalue weighted by Gasteiger charge is -2.43. The summed E-state index contributed by atoms with van der Waals surface area (Å²) in [4.78, 5) is 26.1. The minimum atomic E-state index is -0.434. The number of carbonyl (C=O) groups is 2. The summed E-state index contributed by atoms with van der Waals surface area (Å²) < 4.78 is 12.1. The highest BCUT2D eigenvalue weighted by molar-refractivity contribution is 9.10. The highest BCUT2D eigenvalue weighted by Crippen LogP contribution is 2.40. The Bertz CT molecular complexity index is 623. The Balaban J connectivity index is 1.67. The maximum atomic E-state index is 12.4. The largest absolute Gasteiger partial charge is 0.486 e. The SMILES string of the molecule is CCOC(=O)CN1CCC2(CC1)CC(=O)c1ccc(Br)cc1O2. The van der Waals surface area contributed by atoms with Crippen LogP contribution in [0.5, 0.6) is 5.75 Å². The van der Waals surface area contributed by atoms with Crippen LogP contribution in [0.15, 0.2) is 22.7 Å². The first-order valence-corrected chi connectivity index (χ1v) is 8.70. The monoisotopic (exact) mass is 381 g/mol. The molecule has 124 valence electrons. The summed E-state index contributed by atoms with van der Waals surface area (Å²) in [6.07, 6.45) is 1.89. The van der Waals surface area contributed by atoms with Gasteiger partial charge >= 0.3 is 5.97 Å². The molecule has 0 atom stereocenters. The molecule has 1 aromatic carbocycles. The summed E-state index contributed by atoms with van der Waals surface area (Å²) in [6.45, 7) is 3.98. The Morgan fingerprint density at radius 1 is 1.39 bits per heavy atom. The van der Waals surface area contributed by atoms with E-state index in [1.54, 1.807) is 6.92 Å². The van der Waals surface area contributed by atoms with Crippen LogP contribution in [0.2, 0.25) is 0 Å². The van der Waals surface area contributed by atoms with Gasteiger partial charge in [-0.3, -0.25) is 14.5 Å². The maximum Gasteiger partial charge on any atom is 0.320 e. The summed E-state index contributed by atoms with van der Waals surface area (Å²) in [5.41, 5.74) is 0.225. The first kappa shape index (κ1) is 16.5. The molecule has 0 saturated carbocycles. The van der Waals surface area contributed by atoms with E-state index in [0.717, 1.165) is 30.4 Å². The summed E-state index contributed by atoms with van der Waals surface area (Å²) in [7, 11) is 0. The van der Waals surface area contributed by atoms with Crippen molar-refractivity contribution in [3.63, 3.8) is 0 Å². The van der Waals surface area contributed by atoms with Crippen molar-refractivity contribution in [1.82, 2.24) is 4.90 Å². The highest BCUT2D eigenvalue weighted by Gasteiger charge is 2.43. The van der Waals surface area contributed by atoms with Gasteiger partial charge in [-0.05, 0) is 25.1 Å². The number of carbonyl (C=O) groups excluding carboxylic acids is 2. The summed E-state index contributed by atoms with van der Waals surface area (Å²) in [6, 6.07) is 5.53. The normalized spacial score (nSPS) is 20.0. The van der Waals surface area contributed by atoms with Crippen LogP contribution in [0.1, 0.15) is 36.5 Å². The summed E-state index contributed by atoms with van der Waals surface area (Å²) >= 11 is 3.42. The van der Waals surface area contributed by atoms with E-state index in [1.807, 2.05) is 18.2 Å². The maximum absolute atomic E-state index is 12.4. The number of benzene rings is 1. The van der Waals surface area contributed by atoms with E-state index in [-0.39, 0.29) is 11.8 Å². The predicted octanol–water partition coefficient (Wildman–Crippen LogP) is 2.81. The lowest BCUT2D eigenvalue weighted by molar-refractivity contribution is -0.145. The standard InChI is InChI=1S/C17H20BrNO4/c1-2-22-16(21)11-19-7-5-17(6-8-19)10-14(20)13-4-3-12(18)9-15(13)23-17/h3-4,9H,2,5-8,10-11H2,1H3. The molecular formula is C17H20BrNO4. The Morgan fingerprint density at radius 2 is 2.13 bits per heavy atom. The summed E-state index contributed by atoms with van der Waals surface area (Å²) in [5.74, 6) is 0.602. The molecule has 2 aliphatic heterocycles. The van der Waals surface area contributed by atoms with Crippen molar-refractivity contribution < 1.29 is 19.1 Å². The number of ether oxygens (including phenoxy) is 2. The molecule has 2 heterocycles. The van der Waals surface area contributed by atoms with Gasteiger partial charge in [-0.1, -0.05) is 15.9 Å². The predicted molar refractivity (Wildman–Crippen MR) is 88.8 cm³/mol. The number of piperidine rings is 1.